The summed E-state index contributed by atoms with van der Waals surface area (Å²) in [5.41, 5.74) is 2.44. The number of carbonyl (C=O) groups excluding carboxylic acids is 2. The molecule has 0 bridgehead atoms. The summed E-state index contributed by atoms with van der Waals surface area (Å²) in [4.78, 5) is 28.1. The molecule has 0 aliphatic heterocycles. The van der Waals surface area contributed by atoms with Crippen LogP contribution in [0.5, 0.6) is 0 Å². The second-order valence-electron chi connectivity index (χ2n) is 11.8. The van der Waals surface area contributed by atoms with Gasteiger partial charge in [-0.05, 0) is 0 Å². The number of ether oxygens (including phenoxy) is 2. The molecule has 0 radical (unpaired) electrons. The minimum atomic E-state index is -0.999. The summed E-state index contributed by atoms with van der Waals surface area (Å²) in [5, 5.41) is 0. The molecule has 0 amide bonds. The number of carbonyl (C=O) groups is 2. The first kappa shape index (κ1) is 29.6. The number of hydrogen-bond donors (Lipinski definition) is 0. The molecule has 5 rings (SSSR count). The van der Waals surface area contributed by atoms with Gasteiger partial charge in [-0.15, -0.1) is 0 Å². The molecule has 2 aliphatic rings. The molecular formula is C36H42O4Se. The van der Waals surface area contributed by atoms with Gasteiger partial charge in [0.25, 0.3) is 0 Å². The molecule has 4 nitrogen and oxygen atoms in total. The minimum absolute atomic E-state index is 0.175. The van der Waals surface area contributed by atoms with E-state index in [0.717, 1.165) is 55.8 Å². The third-order valence-electron chi connectivity index (χ3n) is 9.04. The van der Waals surface area contributed by atoms with Gasteiger partial charge in [0.15, 0.2) is 0 Å². The van der Waals surface area contributed by atoms with E-state index in [9.17, 15) is 9.59 Å². The zero-order chi connectivity index (χ0) is 28.7. The molecule has 0 spiro atoms. The number of rotatable bonds is 9. The van der Waals surface area contributed by atoms with Crippen molar-refractivity contribution in [1.29, 1.82) is 0 Å². The van der Waals surface area contributed by atoms with Crippen molar-refractivity contribution in [3.8, 4) is 0 Å². The maximum absolute atomic E-state index is 14.2. The molecule has 216 valence electrons. The summed E-state index contributed by atoms with van der Waals surface area (Å²) < 4.78 is 12.8. The molecule has 2 fully saturated rings. The second kappa shape index (κ2) is 13.9. The van der Waals surface area contributed by atoms with Crippen molar-refractivity contribution in [2.45, 2.75) is 93.6 Å². The van der Waals surface area contributed by atoms with Crippen molar-refractivity contribution >= 4 is 31.4 Å². The van der Waals surface area contributed by atoms with E-state index in [0.29, 0.717) is 0 Å². The summed E-state index contributed by atoms with van der Waals surface area (Å²) >= 11 is -0.327. The Morgan fingerprint density at radius 2 is 1.12 bits per heavy atom. The molecule has 5 heteroatoms. The molecule has 3 aromatic carbocycles. The van der Waals surface area contributed by atoms with Gasteiger partial charge in [-0.3, -0.25) is 0 Å². The topological polar surface area (TPSA) is 52.6 Å². The van der Waals surface area contributed by atoms with Crippen LogP contribution in [0.3, 0.4) is 0 Å². The van der Waals surface area contributed by atoms with Crippen LogP contribution in [-0.4, -0.2) is 39.1 Å². The van der Waals surface area contributed by atoms with Crippen LogP contribution in [0.25, 0.3) is 0 Å². The molecule has 0 aromatic heterocycles. The quantitative estimate of drug-likeness (QED) is 0.186. The Bertz CT molecular complexity index is 1260. The van der Waals surface area contributed by atoms with Gasteiger partial charge in [0.2, 0.25) is 0 Å². The van der Waals surface area contributed by atoms with Gasteiger partial charge in [-0.1, -0.05) is 0 Å². The van der Waals surface area contributed by atoms with Crippen LogP contribution < -0.4 is 4.46 Å². The van der Waals surface area contributed by atoms with Crippen molar-refractivity contribution < 1.29 is 19.1 Å². The SMILES string of the molecule is C[C@@H](C(=O)O[C@@H]1CCCC[C@H]1c1ccccc1)C(C)([Se]c1ccccc1)C(=O)O[C@@H]1CCCC[C@H]1c1ccccc1. The standard InChI is InChI=1S/C36H42O4Se/c1-26(34(37)39-32-24-14-12-22-30(32)27-16-6-3-7-17-27)36(2,41-29-20-10-5-11-21-29)35(38)40-33-25-15-13-23-31(33)28-18-8-4-9-19-28/h3-11,16-21,26,30-33H,12-15,22-25H2,1-2H3/t26-,30-,31-,32+,33+,36?/m0/s1. The van der Waals surface area contributed by atoms with Crippen molar-refractivity contribution in [2.24, 2.45) is 5.92 Å². The first-order valence-electron chi connectivity index (χ1n) is 15.2. The summed E-state index contributed by atoms with van der Waals surface area (Å²) in [6.07, 6.45) is 7.70. The number of hydrogen-bond acceptors (Lipinski definition) is 4. The first-order valence-corrected chi connectivity index (χ1v) is 16.9. The van der Waals surface area contributed by atoms with Crippen LogP contribution >= 0.6 is 0 Å². The predicted molar refractivity (Wildman–Crippen MR) is 164 cm³/mol. The maximum atomic E-state index is 14.2. The van der Waals surface area contributed by atoms with E-state index in [1.807, 2.05) is 56.3 Å². The summed E-state index contributed by atoms with van der Waals surface area (Å²) in [7, 11) is 0. The average molecular weight is 618 g/mol. The van der Waals surface area contributed by atoms with Crippen LogP contribution in [0.4, 0.5) is 0 Å². The normalized spacial score (nSPS) is 24.9. The van der Waals surface area contributed by atoms with E-state index in [2.05, 4.69) is 48.5 Å². The second-order valence-corrected chi connectivity index (χ2v) is 15.0. The molecule has 2 saturated carbocycles. The van der Waals surface area contributed by atoms with Gasteiger partial charge in [0, 0.05) is 0 Å². The molecule has 0 heterocycles. The van der Waals surface area contributed by atoms with E-state index >= 15 is 0 Å². The van der Waals surface area contributed by atoms with Crippen molar-refractivity contribution in [3.63, 3.8) is 0 Å². The first-order chi connectivity index (χ1) is 20.0. The third kappa shape index (κ3) is 7.13. The monoisotopic (exact) mass is 618 g/mol. The van der Waals surface area contributed by atoms with Gasteiger partial charge in [0.1, 0.15) is 0 Å². The van der Waals surface area contributed by atoms with Crippen LogP contribution in [0, 0.1) is 5.92 Å². The van der Waals surface area contributed by atoms with Gasteiger partial charge in [0.05, 0.1) is 0 Å². The molecule has 6 atom stereocenters. The Morgan fingerprint density at radius 1 is 0.683 bits per heavy atom. The predicted octanol–water partition coefficient (Wildman–Crippen LogP) is 7.37. The van der Waals surface area contributed by atoms with Gasteiger partial charge < -0.3 is 0 Å². The number of benzene rings is 3. The van der Waals surface area contributed by atoms with E-state index in [1.54, 1.807) is 0 Å². The van der Waals surface area contributed by atoms with Gasteiger partial charge in [-0.2, -0.15) is 0 Å². The van der Waals surface area contributed by atoms with Gasteiger partial charge in [-0.25, -0.2) is 0 Å². The summed E-state index contributed by atoms with van der Waals surface area (Å²) in [6.45, 7) is 3.79. The third-order valence-corrected chi connectivity index (χ3v) is 12.1. The van der Waals surface area contributed by atoms with E-state index in [1.165, 1.54) is 11.1 Å². The summed E-state index contributed by atoms with van der Waals surface area (Å²) in [5.74, 6) is -0.834. The Kier molecular flexibility index (Phi) is 10.0. The molecule has 0 saturated heterocycles. The Balaban J connectivity index is 1.37. The Morgan fingerprint density at radius 3 is 1.63 bits per heavy atom. The zero-order valence-electron chi connectivity index (χ0n) is 24.2. The van der Waals surface area contributed by atoms with Crippen LogP contribution in [0.1, 0.15) is 88.2 Å². The van der Waals surface area contributed by atoms with Crippen molar-refractivity contribution in [3.05, 3.63) is 102 Å². The molecule has 2 aliphatic carbocycles. The molecule has 1 unspecified atom stereocenters. The molecule has 41 heavy (non-hydrogen) atoms. The zero-order valence-corrected chi connectivity index (χ0v) is 26.0. The average Bonchev–Trinajstić information content (AvgIpc) is 3.02. The van der Waals surface area contributed by atoms with E-state index in [4.69, 9.17) is 9.47 Å². The molecule has 0 N–H and O–H groups in total. The van der Waals surface area contributed by atoms with Crippen LogP contribution in [-0.2, 0) is 19.1 Å². The Labute approximate surface area is 251 Å². The number of esters is 2. The van der Waals surface area contributed by atoms with E-state index in [-0.39, 0.29) is 50.9 Å². The molecule has 3 aromatic rings. The fourth-order valence-corrected chi connectivity index (χ4v) is 8.90. The van der Waals surface area contributed by atoms with Crippen LogP contribution in [0.2, 0.25) is 4.31 Å². The van der Waals surface area contributed by atoms with Crippen molar-refractivity contribution in [1.82, 2.24) is 0 Å². The summed E-state index contributed by atoms with van der Waals surface area (Å²) in [6, 6.07) is 30.8. The fraction of sp³-hybridized carbons (Fsp3) is 0.444. The molecular weight excluding hydrogens is 575 g/mol. The Hall–Kier alpha value is -2.88. The van der Waals surface area contributed by atoms with E-state index < -0.39 is 10.2 Å². The van der Waals surface area contributed by atoms with Crippen molar-refractivity contribution in [2.75, 3.05) is 0 Å². The van der Waals surface area contributed by atoms with Gasteiger partial charge >= 0.3 is 252 Å². The van der Waals surface area contributed by atoms with Crippen LogP contribution in [0.15, 0.2) is 91.0 Å². The fourth-order valence-electron chi connectivity index (χ4n) is 6.41.